The zero-order valence-corrected chi connectivity index (χ0v) is 26.7. The third kappa shape index (κ3) is 9.47. The molecule has 0 saturated heterocycles. The maximum Gasteiger partial charge on any atom is 0.333 e. The van der Waals surface area contributed by atoms with Crippen molar-refractivity contribution >= 4 is 41.0 Å². The van der Waals surface area contributed by atoms with E-state index >= 15 is 0 Å². The molecule has 1 aromatic heterocycles. The summed E-state index contributed by atoms with van der Waals surface area (Å²) in [7, 11) is 0. The number of benzene rings is 3. The van der Waals surface area contributed by atoms with Gasteiger partial charge < -0.3 is 25.4 Å². The summed E-state index contributed by atoms with van der Waals surface area (Å²) < 4.78 is 26.1. The Morgan fingerprint density at radius 3 is 2.43 bits per heavy atom. The van der Waals surface area contributed by atoms with E-state index in [0.717, 1.165) is 9.69 Å². The van der Waals surface area contributed by atoms with E-state index in [0.29, 0.717) is 26.9 Å². The quantitative estimate of drug-likeness (QED) is 0.0858. The second kappa shape index (κ2) is 15.8. The highest BCUT2D eigenvalue weighted by atomic mass is 35.5. The van der Waals surface area contributed by atoms with Gasteiger partial charge in [-0.05, 0) is 53.4 Å². The van der Waals surface area contributed by atoms with Gasteiger partial charge in [-0.15, -0.1) is 5.10 Å². The summed E-state index contributed by atoms with van der Waals surface area (Å²) >= 11 is 12.2. The number of hydrogen-bond acceptors (Lipinski definition) is 10. The fourth-order valence-corrected chi connectivity index (χ4v) is 4.49. The van der Waals surface area contributed by atoms with Crippen molar-refractivity contribution in [3.8, 4) is 22.8 Å². The van der Waals surface area contributed by atoms with Crippen LogP contribution in [0.4, 0.5) is 4.39 Å². The number of aliphatic hydroxyl groups excluding tert-OH is 1. The SMILES string of the molecule is CC(C)C(N)C(=O)OCOc1nc(C(=O)NN(Cc2ccc(-c3cc(Cl)ccc3F)cc2)CC(O)C(=O)O)nn1-c1cccc(Cl)c1. The monoisotopic (exact) mass is 688 g/mol. The fourth-order valence-electron chi connectivity index (χ4n) is 4.13. The van der Waals surface area contributed by atoms with Gasteiger partial charge in [0.1, 0.15) is 11.9 Å². The largest absolute Gasteiger partial charge is 0.479 e. The number of rotatable bonds is 14. The average molecular weight is 690 g/mol. The molecule has 0 bridgehead atoms. The molecule has 47 heavy (non-hydrogen) atoms. The molecule has 248 valence electrons. The molecule has 0 aliphatic rings. The molecule has 0 saturated carbocycles. The van der Waals surface area contributed by atoms with Gasteiger partial charge in [0, 0.05) is 22.2 Å². The lowest BCUT2D eigenvalue weighted by Crippen LogP contribution is -2.47. The molecule has 3 aromatic carbocycles. The number of halogens is 3. The molecule has 2 unspecified atom stereocenters. The molecule has 0 fully saturated rings. The number of carbonyl (C=O) groups is 3. The number of ether oxygens (including phenoxy) is 2. The first-order valence-electron chi connectivity index (χ1n) is 14.1. The number of aromatic nitrogens is 3. The van der Waals surface area contributed by atoms with Crippen molar-refractivity contribution in [1.29, 1.82) is 0 Å². The van der Waals surface area contributed by atoms with Gasteiger partial charge >= 0.3 is 23.9 Å². The molecular formula is C31H31Cl2FN6O7. The second-order valence-electron chi connectivity index (χ2n) is 10.6. The van der Waals surface area contributed by atoms with Crippen LogP contribution in [-0.4, -0.2) is 73.3 Å². The minimum atomic E-state index is -1.86. The van der Waals surface area contributed by atoms with Crippen molar-refractivity contribution in [3.05, 3.63) is 94.0 Å². The normalized spacial score (nSPS) is 12.5. The van der Waals surface area contributed by atoms with E-state index in [-0.39, 0.29) is 24.0 Å². The number of carboxylic acids is 1. The number of esters is 1. The van der Waals surface area contributed by atoms with Crippen molar-refractivity contribution < 1.29 is 38.5 Å². The average Bonchev–Trinajstić information content (AvgIpc) is 3.46. The number of carbonyl (C=O) groups excluding carboxylic acids is 2. The number of aliphatic hydroxyl groups is 1. The van der Waals surface area contributed by atoms with Crippen LogP contribution in [0.15, 0.2) is 66.7 Å². The number of carboxylic acid groups (broad SMARTS) is 1. The summed E-state index contributed by atoms with van der Waals surface area (Å²) in [5.41, 5.74) is 10.1. The number of nitrogens with one attached hydrogen (secondary N) is 1. The van der Waals surface area contributed by atoms with Gasteiger partial charge in [-0.3, -0.25) is 15.0 Å². The Morgan fingerprint density at radius 2 is 1.77 bits per heavy atom. The number of nitrogens with two attached hydrogens (primary N) is 1. The van der Waals surface area contributed by atoms with Crippen molar-refractivity contribution in [1.82, 2.24) is 25.2 Å². The van der Waals surface area contributed by atoms with E-state index in [1.807, 2.05) is 0 Å². The third-order valence-corrected chi connectivity index (χ3v) is 7.19. The van der Waals surface area contributed by atoms with E-state index < -0.39 is 55.0 Å². The molecule has 0 aliphatic carbocycles. The molecule has 1 heterocycles. The van der Waals surface area contributed by atoms with Gasteiger partial charge in [-0.25, -0.2) is 14.2 Å². The zero-order chi connectivity index (χ0) is 34.2. The molecule has 4 aromatic rings. The number of hydrogen-bond donors (Lipinski definition) is 4. The fraction of sp³-hybridized carbons (Fsp3) is 0.258. The van der Waals surface area contributed by atoms with E-state index in [2.05, 4.69) is 15.5 Å². The first-order chi connectivity index (χ1) is 22.3. The minimum absolute atomic E-state index is 0.0706. The molecule has 0 spiro atoms. The molecule has 16 heteroatoms. The Morgan fingerprint density at radius 1 is 1.06 bits per heavy atom. The highest BCUT2D eigenvalue weighted by Crippen LogP contribution is 2.26. The molecule has 0 aliphatic heterocycles. The number of hydrazine groups is 1. The number of aliphatic carboxylic acids is 1. The first kappa shape index (κ1) is 35.3. The summed E-state index contributed by atoms with van der Waals surface area (Å²) in [6, 6.07) is 16.0. The predicted molar refractivity (Wildman–Crippen MR) is 169 cm³/mol. The van der Waals surface area contributed by atoms with Gasteiger partial charge in [-0.2, -0.15) is 9.67 Å². The van der Waals surface area contributed by atoms with Crippen LogP contribution >= 0.6 is 23.2 Å². The van der Waals surface area contributed by atoms with E-state index in [9.17, 15) is 29.0 Å². The summed E-state index contributed by atoms with van der Waals surface area (Å²) in [5, 5.41) is 25.5. The minimum Gasteiger partial charge on any atom is -0.479 e. The third-order valence-electron chi connectivity index (χ3n) is 6.72. The van der Waals surface area contributed by atoms with Gasteiger partial charge in [0.05, 0.1) is 12.2 Å². The van der Waals surface area contributed by atoms with Crippen LogP contribution in [0, 0.1) is 11.7 Å². The highest BCUT2D eigenvalue weighted by Gasteiger charge is 2.25. The van der Waals surface area contributed by atoms with Crippen molar-refractivity contribution in [2.45, 2.75) is 32.5 Å². The van der Waals surface area contributed by atoms with Gasteiger partial charge in [-0.1, -0.05) is 67.4 Å². The van der Waals surface area contributed by atoms with Crippen LogP contribution in [-0.2, 0) is 20.9 Å². The lowest BCUT2D eigenvalue weighted by molar-refractivity contribution is -0.153. The lowest BCUT2D eigenvalue weighted by Gasteiger charge is -2.24. The summed E-state index contributed by atoms with van der Waals surface area (Å²) in [6.07, 6.45) is -1.86. The zero-order valence-electron chi connectivity index (χ0n) is 25.1. The van der Waals surface area contributed by atoms with Crippen molar-refractivity contribution in [2.75, 3.05) is 13.3 Å². The van der Waals surface area contributed by atoms with Crippen LogP contribution in [0.1, 0.15) is 30.0 Å². The second-order valence-corrected chi connectivity index (χ2v) is 11.5. The molecule has 13 nitrogen and oxygen atoms in total. The Balaban J connectivity index is 1.56. The summed E-state index contributed by atoms with van der Waals surface area (Å²) in [5.74, 6) is -4.16. The van der Waals surface area contributed by atoms with Gasteiger partial charge in [0.2, 0.25) is 12.6 Å². The van der Waals surface area contributed by atoms with E-state index in [4.69, 9.17) is 38.4 Å². The van der Waals surface area contributed by atoms with Gasteiger partial charge in [0.25, 0.3) is 0 Å². The van der Waals surface area contributed by atoms with Crippen LogP contribution in [0.25, 0.3) is 16.8 Å². The molecule has 2 atom stereocenters. The Hall–Kier alpha value is -4.60. The lowest BCUT2D eigenvalue weighted by atomic mass is 10.0. The summed E-state index contributed by atoms with van der Waals surface area (Å²) in [6.45, 7) is 2.33. The van der Waals surface area contributed by atoms with Crippen LogP contribution in [0.2, 0.25) is 10.0 Å². The molecule has 4 rings (SSSR count). The number of amides is 1. The summed E-state index contributed by atoms with van der Waals surface area (Å²) in [4.78, 5) is 41.1. The van der Waals surface area contributed by atoms with E-state index in [1.165, 1.54) is 24.3 Å². The first-order valence-corrected chi connectivity index (χ1v) is 14.9. The smallest absolute Gasteiger partial charge is 0.333 e. The standard InChI is InChI=1S/C31H31Cl2FN6O7/c1-17(2)26(35)30(45)46-16-47-31-36-27(37-40(31)22-5-3-4-20(32)12-22)28(42)38-39(15-25(41)29(43)44)14-18-6-8-19(9-7-18)23-13-21(33)10-11-24(23)34/h3-13,17,25-26,41H,14-16,35H2,1-2H3,(H,38,42)(H,43,44). The van der Waals surface area contributed by atoms with Crippen LogP contribution in [0.3, 0.4) is 0 Å². The maximum absolute atomic E-state index is 14.4. The van der Waals surface area contributed by atoms with Crippen molar-refractivity contribution in [2.24, 2.45) is 11.7 Å². The van der Waals surface area contributed by atoms with Crippen molar-refractivity contribution in [3.63, 3.8) is 0 Å². The molecule has 1 amide bonds. The van der Waals surface area contributed by atoms with Gasteiger partial charge in [0.15, 0.2) is 6.10 Å². The Kier molecular flexibility index (Phi) is 11.9. The van der Waals surface area contributed by atoms with Crippen LogP contribution in [0.5, 0.6) is 6.01 Å². The highest BCUT2D eigenvalue weighted by molar-refractivity contribution is 6.31. The molecule has 0 radical (unpaired) electrons. The number of nitrogens with zero attached hydrogens (tertiary/aromatic N) is 4. The maximum atomic E-state index is 14.4. The Labute approximate surface area is 278 Å². The Bertz CT molecular complexity index is 1740. The molecule has 5 N–H and O–H groups in total. The van der Waals surface area contributed by atoms with Crippen LogP contribution < -0.4 is 15.9 Å². The topological polar surface area (TPSA) is 182 Å². The molecular weight excluding hydrogens is 658 g/mol. The predicted octanol–water partition coefficient (Wildman–Crippen LogP) is 3.84. The van der Waals surface area contributed by atoms with E-state index in [1.54, 1.807) is 56.3 Å².